The van der Waals surface area contributed by atoms with Gasteiger partial charge in [-0.25, -0.2) is 0 Å². The number of methoxy groups -OCH3 is 1. The van der Waals surface area contributed by atoms with E-state index in [0.29, 0.717) is 6.04 Å². The molecule has 0 aliphatic heterocycles. The molecule has 98 valence electrons. The smallest absolute Gasteiger partial charge is 0.0615 e. The van der Waals surface area contributed by atoms with Crippen molar-refractivity contribution in [2.24, 2.45) is 0 Å². The molecule has 0 spiro atoms. The van der Waals surface area contributed by atoms with Gasteiger partial charge in [-0.05, 0) is 44.4 Å². The Kier molecular flexibility index (Phi) is 7.49. The minimum Gasteiger partial charge on any atom is -0.383 e. The molecule has 1 heterocycles. The van der Waals surface area contributed by atoms with Crippen LogP contribution in [0.2, 0.25) is 0 Å². The van der Waals surface area contributed by atoms with E-state index < -0.39 is 0 Å². The summed E-state index contributed by atoms with van der Waals surface area (Å²) in [5, 5.41) is 3.54. The zero-order valence-corrected chi connectivity index (χ0v) is 12.1. The van der Waals surface area contributed by atoms with Crippen LogP contribution in [0.3, 0.4) is 0 Å². The Labute approximate surface area is 109 Å². The highest BCUT2D eigenvalue weighted by atomic mass is 32.1. The van der Waals surface area contributed by atoms with Gasteiger partial charge < -0.3 is 10.1 Å². The Bertz CT molecular complexity index is 298. The van der Waals surface area contributed by atoms with Gasteiger partial charge in [0.05, 0.1) is 6.61 Å². The first-order valence-corrected chi connectivity index (χ1v) is 7.41. The minimum absolute atomic E-state index is 0.493. The summed E-state index contributed by atoms with van der Waals surface area (Å²) in [6.07, 6.45) is 4.66. The summed E-state index contributed by atoms with van der Waals surface area (Å²) in [5.74, 6) is 0. The van der Waals surface area contributed by atoms with E-state index in [1.807, 2.05) is 11.3 Å². The molecule has 0 saturated carbocycles. The summed E-state index contributed by atoms with van der Waals surface area (Å²) in [7, 11) is 1.78. The second kappa shape index (κ2) is 8.67. The van der Waals surface area contributed by atoms with Gasteiger partial charge in [0, 0.05) is 22.9 Å². The second-order valence-corrected chi connectivity index (χ2v) is 5.62. The number of hydrogen-bond donors (Lipinski definition) is 1. The highest BCUT2D eigenvalue weighted by Crippen LogP contribution is 2.19. The van der Waals surface area contributed by atoms with Crippen LogP contribution in [0.1, 0.15) is 36.4 Å². The van der Waals surface area contributed by atoms with E-state index in [0.717, 1.165) is 32.4 Å². The first-order valence-electron chi connectivity index (χ1n) is 6.60. The molecule has 0 aliphatic carbocycles. The Balaban J connectivity index is 2.34. The fraction of sp³-hybridized carbons (Fsp3) is 0.714. The van der Waals surface area contributed by atoms with Crippen molar-refractivity contribution in [3.05, 3.63) is 21.9 Å². The molecule has 1 rings (SSSR count). The van der Waals surface area contributed by atoms with Gasteiger partial charge in [0.15, 0.2) is 0 Å². The SMILES string of the molecule is CCCNC(CCc1ccc(CC)s1)COC. The third-order valence-electron chi connectivity index (χ3n) is 2.86. The summed E-state index contributed by atoms with van der Waals surface area (Å²) >= 11 is 1.95. The van der Waals surface area contributed by atoms with Crippen LogP contribution in [-0.4, -0.2) is 26.3 Å². The Morgan fingerprint density at radius 2 is 2.06 bits per heavy atom. The van der Waals surface area contributed by atoms with Gasteiger partial charge in [-0.1, -0.05) is 13.8 Å². The van der Waals surface area contributed by atoms with E-state index in [1.165, 1.54) is 16.2 Å². The molecule has 1 N–H and O–H groups in total. The van der Waals surface area contributed by atoms with Crippen molar-refractivity contribution < 1.29 is 4.74 Å². The number of hydrogen-bond acceptors (Lipinski definition) is 3. The van der Waals surface area contributed by atoms with Gasteiger partial charge >= 0.3 is 0 Å². The number of ether oxygens (including phenoxy) is 1. The zero-order chi connectivity index (χ0) is 12.5. The zero-order valence-electron chi connectivity index (χ0n) is 11.3. The van der Waals surface area contributed by atoms with Crippen LogP contribution in [0.4, 0.5) is 0 Å². The maximum Gasteiger partial charge on any atom is 0.0615 e. The second-order valence-electron chi connectivity index (χ2n) is 4.37. The molecular weight excluding hydrogens is 230 g/mol. The maximum atomic E-state index is 5.26. The highest BCUT2D eigenvalue weighted by molar-refractivity contribution is 7.11. The van der Waals surface area contributed by atoms with Crippen LogP contribution >= 0.6 is 11.3 Å². The Hall–Kier alpha value is -0.380. The maximum absolute atomic E-state index is 5.26. The lowest BCUT2D eigenvalue weighted by atomic mass is 10.1. The predicted molar refractivity (Wildman–Crippen MR) is 76.0 cm³/mol. The average molecular weight is 255 g/mol. The molecule has 0 aromatic carbocycles. The van der Waals surface area contributed by atoms with Crippen LogP contribution in [-0.2, 0) is 17.6 Å². The van der Waals surface area contributed by atoms with E-state index in [9.17, 15) is 0 Å². The number of rotatable bonds is 9. The molecule has 2 nitrogen and oxygen atoms in total. The lowest BCUT2D eigenvalue weighted by molar-refractivity contribution is 0.163. The van der Waals surface area contributed by atoms with E-state index in [2.05, 4.69) is 31.3 Å². The fourth-order valence-corrected chi connectivity index (χ4v) is 2.83. The number of thiophene rings is 1. The van der Waals surface area contributed by atoms with Gasteiger partial charge in [-0.15, -0.1) is 11.3 Å². The molecule has 3 heteroatoms. The van der Waals surface area contributed by atoms with Crippen molar-refractivity contribution in [2.75, 3.05) is 20.3 Å². The lowest BCUT2D eigenvalue weighted by Crippen LogP contribution is -2.34. The van der Waals surface area contributed by atoms with Crippen LogP contribution in [0.15, 0.2) is 12.1 Å². The minimum atomic E-state index is 0.493. The molecule has 1 aromatic heterocycles. The summed E-state index contributed by atoms with van der Waals surface area (Å²) in [5.41, 5.74) is 0. The quantitative estimate of drug-likeness (QED) is 0.731. The summed E-state index contributed by atoms with van der Waals surface area (Å²) < 4.78 is 5.26. The van der Waals surface area contributed by atoms with Crippen LogP contribution in [0, 0.1) is 0 Å². The summed E-state index contributed by atoms with van der Waals surface area (Å²) in [4.78, 5) is 2.99. The molecule has 1 atom stereocenters. The summed E-state index contributed by atoms with van der Waals surface area (Å²) in [6, 6.07) is 5.02. The summed E-state index contributed by atoms with van der Waals surface area (Å²) in [6.45, 7) is 6.31. The van der Waals surface area contributed by atoms with Gasteiger partial charge in [-0.2, -0.15) is 0 Å². The standard InChI is InChI=1S/C14H25NOS/c1-4-10-15-12(11-16-3)6-7-14-9-8-13(5-2)17-14/h8-9,12,15H,4-7,10-11H2,1-3H3. The molecule has 17 heavy (non-hydrogen) atoms. The van der Waals surface area contributed by atoms with Crippen molar-refractivity contribution in [3.63, 3.8) is 0 Å². The van der Waals surface area contributed by atoms with Gasteiger partial charge in [0.1, 0.15) is 0 Å². The van der Waals surface area contributed by atoms with Crippen molar-refractivity contribution in [2.45, 2.75) is 45.6 Å². The highest BCUT2D eigenvalue weighted by Gasteiger charge is 2.08. The van der Waals surface area contributed by atoms with Crippen molar-refractivity contribution in [3.8, 4) is 0 Å². The van der Waals surface area contributed by atoms with Gasteiger partial charge in [0.25, 0.3) is 0 Å². The van der Waals surface area contributed by atoms with Crippen LogP contribution < -0.4 is 5.32 Å². The molecule has 1 unspecified atom stereocenters. The molecule has 0 aliphatic rings. The van der Waals surface area contributed by atoms with E-state index in [4.69, 9.17) is 4.74 Å². The third-order valence-corrected chi connectivity index (χ3v) is 4.15. The van der Waals surface area contributed by atoms with Crippen molar-refractivity contribution in [1.29, 1.82) is 0 Å². The van der Waals surface area contributed by atoms with Crippen molar-refractivity contribution >= 4 is 11.3 Å². The van der Waals surface area contributed by atoms with Crippen LogP contribution in [0.25, 0.3) is 0 Å². The average Bonchev–Trinajstić information content (AvgIpc) is 2.80. The molecule has 0 fully saturated rings. The molecule has 0 saturated heterocycles. The van der Waals surface area contributed by atoms with Crippen LogP contribution in [0.5, 0.6) is 0 Å². The lowest BCUT2D eigenvalue weighted by Gasteiger charge is -2.16. The van der Waals surface area contributed by atoms with E-state index >= 15 is 0 Å². The predicted octanol–water partition coefficient (Wildman–Crippen LogP) is 3.26. The Morgan fingerprint density at radius 1 is 1.29 bits per heavy atom. The monoisotopic (exact) mass is 255 g/mol. The molecular formula is C14H25NOS. The largest absolute Gasteiger partial charge is 0.383 e. The molecule has 0 amide bonds. The molecule has 1 aromatic rings. The van der Waals surface area contributed by atoms with Gasteiger partial charge in [-0.3, -0.25) is 0 Å². The van der Waals surface area contributed by atoms with Crippen molar-refractivity contribution in [1.82, 2.24) is 5.32 Å². The van der Waals surface area contributed by atoms with Gasteiger partial charge in [0.2, 0.25) is 0 Å². The fourth-order valence-electron chi connectivity index (χ4n) is 1.86. The molecule has 0 radical (unpaired) electrons. The third kappa shape index (κ3) is 5.66. The first-order chi connectivity index (χ1) is 8.30. The van der Waals surface area contributed by atoms with E-state index in [-0.39, 0.29) is 0 Å². The first kappa shape index (κ1) is 14.7. The Morgan fingerprint density at radius 3 is 2.65 bits per heavy atom. The number of aryl methyl sites for hydroxylation is 2. The number of nitrogens with one attached hydrogen (secondary N) is 1. The van der Waals surface area contributed by atoms with E-state index in [1.54, 1.807) is 7.11 Å². The topological polar surface area (TPSA) is 21.3 Å². The molecule has 0 bridgehead atoms. The normalized spacial score (nSPS) is 12.9.